The lowest BCUT2D eigenvalue weighted by Crippen LogP contribution is -2.46. The summed E-state index contributed by atoms with van der Waals surface area (Å²) in [6, 6.07) is 14.5. The van der Waals surface area contributed by atoms with Gasteiger partial charge in [0.05, 0.1) is 29.1 Å². The lowest BCUT2D eigenvalue weighted by atomic mass is 10.1. The Morgan fingerprint density at radius 1 is 0.710 bits per heavy atom. The van der Waals surface area contributed by atoms with Crippen molar-refractivity contribution in [2.24, 2.45) is 0 Å². The lowest BCUT2D eigenvalue weighted by molar-refractivity contribution is 0.0640. The second-order valence-electron chi connectivity index (χ2n) is 7.67. The fourth-order valence-corrected chi connectivity index (χ4v) is 4.04. The van der Waals surface area contributed by atoms with Crippen LogP contribution >= 0.6 is 0 Å². The van der Waals surface area contributed by atoms with E-state index in [-0.39, 0.29) is 18.4 Å². The molecule has 1 saturated heterocycles. The molecule has 0 bridgehead atoms. The minimum atomic E-state index is -0.257. The third-order valence-electron chi connectivity index (χ3n) is 5.66. The Bertz CT molecular complexity index is 1080. The summed E-state index contributed by atoms with van der Waals surface area (Å²) in [5, 5.41) is 0. The molecule has 0 atom stereocenters. The Morgan fingerprint density at radius 3 is 1.97 bits per heavy atom. The Kier molecular flexibility index (Phi) is 5.13. The highest BCUT2D eigenvalue weighted by Crippen LogP contribution is 2.24. The minimum absolute atomic E-state index is 0.180. The summed E-state index contributed by atoms with van der Waals surface area (Å²) < 4.78 is 0. The minimum Gasteiger partial charge on any atom is -0.338 e. The number of carbonyl (C=O) groups excluding carboxylic acids is 2. The molecule has 2 aliphatic heterocycles. The number of pyridine rings is 1. The highest BCUT2D eigenvalue weighted by atomic mass is 16.2. The number of anilines is 1. The fourth-order valence-electron chi connectivity index (χ4n) is 4.04. The van der Waals surface area contributed by atoms with Crippen LogP contribution in [0.5, 0.6) is 0 Å². The third-order valence-corrected chi connectivity index (χ3v) is 5.66. The smallest absolute Gasteiger partial charge is 0.261 e. The summed E-state index contributed by atoms with van der Waals surface area (Å²) in [4.78, 5) is 44.4. The Labute approximate surface area is 180 Å². The predicted molar refractivity (Wildman–Crippen MR) is 114 cm³/mol. The maximum atomic E-state index is 12.6. The predicted octanol–water partition coefficient (Wildman–Crippen LogP) is 1.99. The zero-order valence-corrected chi connectivity index (χ0v) is 17.0. The molecule has 8 heteroatoms. The molecule has 2 aliphatic rings. The molecule has 0 aliphatic carbocycles. The van der Waals surface area contributed by atoms with Crippen molar-refractivity contribution < 1.29 is 9.59 Å². The molecule has 8 nitrogen and oxygen atoms in total. The zero-order chi connectivity index (χ0) is 21.2. The van der Waals surface area contributed by atoms with Crippen molar-refractivity contribution in [1.82, 2.24) is 24.8 Å². The molecule has 0 spiro atoms. The van der Waals surface area contributed by atoms with Gasteiger partial charge in [0.25, 0.3) is 11.8 Å². The number of rotatable bonds is 5. The molecule has 0 N–H and O–H groups in total. The van der Waals surface area contributed by atoms with E-state index in [2.05, 4.69) is 19.8 Å². The maximum Gasteiger partial charge on any atom is 0.261 e. The molecular formula is C23H22N6O2. The highest BCUT2D eigenvalue weighted by molar-refractivity contribution is 6.21. The van der Waals surface area contributed by atoms with Gasteiger partial charge in [-0.1, -0.05) is 18.2 Å². The van der Waals surface area contributed by atoms with Crippen molar-refractivity contribution in [3.05, 3.63) is 83.4 Å². The van der Waals surface area contributed by atoms with E-state index in [0.29, 0.717) is 16.8 Å². The SMILES string of the molecule is O=C1c2ccccc2C(=O)N1Cc1cccc(CN2CCN(c3ncccn3)CC2)n1. The first-order valence-corrected chi connectivity index (χ1v) is 10.3. The summed E-state index contributed by atoms with van der Waals surface area (Å²) in [6.07, 6.45) is 3.52. The van der Waals surface area contributed by atoms with Crippen LogP contribution in [-0.4, -0.2) is 62.7 Å². The molecule has 1 aromatic carbocycles. The summed E-state index contributed by atoms with van der Waals surface area (Å²) in [5.74, 6) is 0.252. The molecule has 3 aromatic rings. The molecule has 1 fully saturated rings. The van der Waals surface area contributed by atoms with Crippen LogP contribution in [0.25, 0.3) is 0 Å². The van der Waals surface area contributed by atoms with Crippen LogP contribution in [0.3, 0.4) is 0 Å². The molecule has 0 radical (unpaired) electrons. The highest BCUT2D eigenvalue weighted by Gasteiger charge is 2.35. The summed E-state index contributed by atoms with van der Waals surface area (Å²) in [7, 11) is 0. The van der Waals surface area contributed by atoms with E-state index in [1.807, 2.05) is 24.3 Å². The van der Waals surface area contributed by atoms with E-state index in [1.54, 1.807) is 36.7 Å². The van der Waals surface area contributed by atoms with Crippen LogP contribution in [0.15, 0.2) is 60.9 Å². The monoisotopic (exact) mass is 414 g/mol. The van der Waals surface area contributed by atoms with Crippen LogP contribution in [-0.2, 0) is 13.1 Å². The number of imide groups is 1. The van der Waals surface area contributed by atoms with Crippen molar-refractivity contribution in [2.45, 2.75) is 13.1 Å². The number of fused-ring (bicyclic) bond motifs is 1. The average Bonchev–Trinajstić information content (AvgIpc) is 3.05. The Morgan fingerprint density at radius 2 is 1.32 bits per heavy atom. The number of benzene rings is 1. The van der Waals surface area contributed by atoms with Crippen LogP contribution in [0.2, 0.25) is 0 Å². The van der Waals surface area contributed by atoms with Crippen molar-refractivity contribution in [3.63, 3.8) is 0 Å². The van der Waals surface area contributed by atoms with Gasteiger partial charge in [-0.25, -0.2) is 9.97 Å². The molecule has 4 heterocycles. The van der Waals surface area contributed by atoms with Crippen LogP contribution < -0.4 is 4.90 Å². The number of hydrogen-bond donors (Lipinski definition) is 0. The second-order valence-corrected chi connectivity index (χ2v) is 7.67. The first kappa shape index (κ1) is 19.3. The zero-order valence-electron chi connectivity index (χ0n) is 17.0. The lowest BCUT2D eigenvalue weighted by Gasteiger charge is -2.34. The molecule has 31 heavy (non-hydrogen) atoms. The van der Waals surface area contributed by atoms with E-state index >= 15 is 0 Å². The quantitative estimate of drug-likeness (QED) is 0.591. The number of piperazine rings is 1. The van der Waals surface area contributed by atoms with Gasteiger partial charge in [0.15, 0.2) is 0 Å². The van der Waals surface area contributed by atoms with Gasteiger partial charge in [0.2, 0.25) is 5.95 Å². The summed E-state index contributed by atoms with van der Waals surface area (Å²) >= 11 is 0. The van der Waals surface area contributed by atoms with Crippen molar-refractivity contribution in [1.29, 1.82) is 0 Å². The fraction of sp³-hybridized carbons (Fsp3) is 0.261. The summed E-state index contributed by atoms with van der Waals surface area (Å²) in [6.45, 7) is 4.40. The second kappa shape index (κ2) is 8.23. The van der Waals surface area contributed by atoms with Crippen molar-refractivity contribution in [2.75, 3.05) is 31.1 Å². The van der Waals surface area contributed by atoms with Crippen molar-refractivity contribution >= 4 is 17.8 Å². The van der Waals surface area contributed by atoms with Gasteiger partial charge in [-0.15, -0.1) is 0 Å². The molecule has 2 amide bonds. The van der Waals surface area contributed by atoms with Gasteiger partial charge in [0, 0.05) is 45.1 Å². The van der Waals surface area contributed by atoms with E-state index in [9.17, 15) is 9.59 Å². The molecule has 5 rings (SSSR count). The van der Waals surface area contributed by atoms with Gasteiger partial charge in [-0.2, -0.15) is 0 Å². The third kappa shape index (κ3) is 3.89. The topological polar surface area (TPSA) is 82.5 Å². The van der Waals surface area contributed by atoms with E-state index < -0.39 is 0 Å². The van der Waals surface area contributed by atoms with Gasteiger partial charge in [0.1, 0.15) is 0 Å². The summed E-state index contributed by atoms with van der Waals surface area (Å²) in [5.41, 5.74) is 2.56. The van der Waals surface area contributed by atoms with Crippen LogP contribution in [0.1, 0.15) is 32.1 Å². The van der Waals surface area contributed by atoms with Crippen molar-refractivity contribution in [3.8, 4) is 0 Å². The molecular weight excluding hydrogens is 392 g/mol. The number of hydrogen-bond acceptors (Lipinski definition) is 7. The van der Waals surface area contributed by atoms with Gasteiger partial charge >= 0.3 is 0 Å². The van der Waals surface area contributed by atoms with E-state index in [0.717, 1.165) is 44.4 Å². The van der Waals surface area contributed by atoms with Crippen LogP contribution in [0.4, 0.5) is 5.95 Å². The standard InChI is InChI=1S/C23H22N6O2/c30-21-19-7-1-2-8-20(19)22(31)29(21)16-18-6-3-5-17(26-18)15-27-11-13-28(14-12-27)23-24-9-4-10-25-23/h1-10H,11-16H2. The Balaban J connectivity index is 1.22. The number of carbonyl (C=O) groups is 2. The number of amides is 2. The van der Waals surface area contributed by atoms with Gasteiger partial charge in [-0.05, 0) is 30.3 Å². The molecule has 0 saturated carbocycles. The first-order chi connectivity index (χ1) is 15.2. The first-order valence-electron chi connectivity index (χ1n) is 10.3. The molecule has 156 valence electrons. The maximum absolute atomic E-state index is 12.6. The van der Waals surface area contributed by atoms with E-state index in [1.165, 1.54) is 4.90 Å². The molecule has 2 aromatic heterocycles. The van der Waals surface area contributed by atoms with Crippen LogP contribution in [0, 0.1) is 0 Å². The van der Waals surface area contributed by atoms with Gasteiger partial charge < -0.3 is 4.90 Å². The largest absolute Gasteiger partial charge is 0.338 e. The number of aromatic nitrogens is 3. The average molecular weight is 414 g/mol. The normalized spacial score (nSPS) is 16.6. The Hall–Kier alpha value is -3.65. The van der Waals surface area contributed by atoms with Gasteiger partial charge in [-0.3, -0.25) is 24.4 Å². The number of nitrogens with zero attached hydrogens (tertiary/aromatic N) is 6. The van der Waals surface area contributed by atoms with E-state index in [4.69, 9.17) is 4.98 Å². The molecule has 0 unspecified atom stereocenters.